The summed E-state index contributed by atoms with van der Waals surface area (Å²) >= 11 is 0. The van der Waals surface area contributed by atoms with Crippen LogP contribution in [-0.2, 0) is 12.8 Å². The Morgan fingerprint density at radius 2 is 1.84 bits per heavy atom. The van der Waals surface area contributed by atoms with Gasteiger partial charge >= 0.3 is 0 Å². The Labute approximate surface area is 190 Å². The maximum atomic E-state index is 10.7. The van der Waals surface area contributed by atoms with Crippen LogP contribution >= 0.6 is 0 Å². The fourth-order valence-corrected chi connectivity index (χ4v) is 4.97. The van der Waals surface area contributed by atoms with Gasteiger partial charge in [0.2, 0.25) is 0 Å². The molecule has 1 fully saturated rings. The van der Waals surface area contributed by atoms with E-state index in [2.05, 4.69) is 59.6 Å². The number of aliphatic hydroxyl groups is 1. The number of nitrogens with zero attached hydrogens (tertiary/aromatic N) is 3. The standard InChI is InChI=1S/C27H32N4O/c1-19-10-11-23-21(14-19)16-24-26(23)27(28-17-22(32)18-31-12-6-3-7-13-31)30-25(29-24)15-20-8-4-2-5-9-20/h2,4-5,8-11,14,22,32H,3,6-7,12-13,15-18H2,1H3,(H,28,29,30). The van der Waals surface area contributed by atoms with Crippen molar-refractivity contribution >= 4 is 5.82 Å². The number of aryl methyl sites for hydroxylation is 1. The lowest BCUT2D eigenvalue weighted by Gasteiger charge is -2.28. The third-order valence-electron chi connectivity index (χ3n) is 6.55. The quantitative estimate of drug-likeness (QED) is 0.462. The summed E-state index contributed by atoms with van der Waals surface area (Å²) in [6.45, 7) is 5.52. The highest BCUT2D eigenvalue weighted by Crippen LogP contribution is 2.40. The van der Waals surface area contributed by atoms with Crippen LogP contribution in [0.25, 0.3) is 11.1 Å². The largest absolute Gasteiger partial charge is 0.390 e. The van der Waals surface area contributed by atoms with Gasteiger partial charge in [-0.25, -0.2) is 9.97 Å². The lowest BCUT2D eigenvalue weighted by molar-refractivity contribution is 0.109. The van der Waals surface area contributed by atoms with Gasteiger partial charge in [0, 0.05) is 31.5 Å². The van der Waals surface area contributed by atoms with E-state index in [1.54, 1.807) is 0 Å². The van der Waals surface area contributed by atoms with Crippen molar-refractivity contribution < 1.29 is 5.11 Å². The first-order valence-corrected chi connectivity index (χ1v) is 11.8. The number of rotatable bonds is 7. The first-order chi connectivity index (χ1) is 15.7. The smallest absolute Gasteiger partial charge is 0.138 e. The summed E-state index contributed by atoms with van der Waals surface area (Å²) in [7, 11) is 0. The predicted octanol–water partition coefficient (Wildman–Crippen LogP) is 4.21. The molecule has 3 aromatic rings. The molecule has 166 valence electrons. The van der Waals surface area contributed by atoms with Crippen LogP contribution in [0.15, 0.2) is 48.5 Å². The van der Waals surface area contributed by atoms with Crippen LogP contribution in [0.5, 0.6) is 0 Å². The molecule has 1 atom stereocenters. The second kappa shape index (κ2) is 9.39. The zero-order valence-electron chi connectivity index (χ0n) is 18.8. The maximum Gasteiger partial charge on any atom is 0.138 e. The van der Waals surface area contributed by atoms with E-state index in [0.29, 0.717) is 19.5 Å². The molecular formula is C27H32N4O. The van der Waals surface area contributed by atoms with E-state index < -0.39 is 6.10 Å². The summed E-state index contributed by atoms with van der Waals surface area (Å²) in [6, 6.07) is 17.0. The number of β-amino-alcohol motifs (C(OH)–C–C–N with tert-alkyl or cyclic N) is 1. The van der Waals surface area contributed by atoms with Crippen molar-refractivity contribution in [1.82, 2.24) is 14.9 Å². The molecule has 1 unspecified atom stereocenters. The summed E-state index contributed by atoms with van der Waals surface area (Å²) in [5.74, 6) is 1.67. The second-order valence-electron chi connectivity index (χ2n) is 9.21. The fraction of sp³-hybridized carbons (Fsp3) is 0.407. The molecule has 0 bridgehead atoms. The van der Waals surface area contributed by atoms with Crippen LogP contribution in [0.1, 0.15) is 47.5 Å². The van der Waals surface area contributed by atoms with Crippen molar-refractivity contribution in [2.75, 3.05) is 31.5 Å². The molecule has 32 heavy (non-hydrogen) atoms. The normalized spacial score (nSPS) is 16.4. The van der Waals surface area contributed by atoms with Crippen LogP contribution < -0.4 is 5.32 Å². The Morgan fingerprint density at radius 3 is 2.66 bits per heavy atom. The van der Waals surface area contributed by atoms with Crippen molar-refractivity contribution in [2.24, 2.45) is 0 Å². The first-order valence-electron chi connectivity index (χ1n) is 11.8. The predicted molar refractivity (Wildman–Crippen MR) is 129 cm³/mol. The molecule has 1 aromatic heterocycles. The van der Waals surface area contributed by atoms with Crippen molar-refractivity contribution in [3.8, 4) is 11.1 Å². The van der Waals surface area contributed by atoms with Crippen LogP contribution in [0.2, 0.25) is 0 Å². The summed E-state index contributed by atoms with van der Waals surface area (Å²) in [5.41, 5.74) is 7.17. The lowest BCUT2D eigenvalue weighted by Crippen LogP contribution is -2.39. The molecule has 5 rings (SSSR count). The molecule has 0 saturated carbocycles. The Bertz CT molecular complexity index is 1080. The number of fused-ring (bicyclic) bond motifs is 3. The molecule has 1 saturated heterocycles. The Hall–Kier alpha value is -2.76. The number of anilines is 1. The van der Waals surface area contributed by atoms with E-state index in [4.69, 9.17) is 9.97 Å². The molecule has 0 amide bonds. The molecule has 0 radical (unpaired) electrons. The number of hydrogen-bond donors (Lipinski definition) is 2. The van der Waals surface area contributed by atoms with Gasteiger partial charge in [-0.05, 0) is 49.5 Å². The molecule has 5 nitrogen and oxygen atoms in total. The molecule has 5 heteroatoms. The second-order valence-corrected chi connectivity index (χ2v) is 9.21. The number of aliphatic hydroxyl groups excluding tert-OH is 1. The molecule has 2 heterocycles. The molecule has 1 aliphatic heterocycles. The minimum atomic E-state index is -0.421. The van der Waals surface area contributed by atoms with E-state index >= 15 is 0 Å². The number of benzene rings is 2. The van der Waals surface area contributed by atoms with E-state index in [9.17, 15) is 5.11 Å². The number of hydrogen-bond acceptors (Lipinski definition) is 5. The summed E-state index contributed by atoms with van der Waals surface area (Å²) in [4.78, 5) is 12.3. The van der Waals surface area contributed by atoms with E-state index in [0.717, 1.165) is 42.4 Å². The van der Waals surface area contributed by atoms with Crippen molar-refractivity contribution in [3.63, 3.8) is 0 Å². The maximum absolute atomic E-state index is 10.7. The minimum absolute atomic E-state index is 0.421. The minimum Gasteiger partial charge on any atom is -0.390 e. The average Bonchev–Trinajstić information content (AvgIpc) is 3.16. The zero-order chi connectivity index (χ0) is 21.9. The van der Waals surface area contributed by atoms with Gasteiger partial charge < -0.3 is 15.3 Å². The van der Waals surface area contributed by atoms with Gasteiger partial charge in [-0.3, -0.25) is 0 Å². The van der Waals surface area contributed by atoms with Crippen molar-refractivity contribution in [3.05, 3.63) is 76.7 Å². The first kappa shape index (κ1) is 21.1. The zero-order valence-corrected chi connectivity index (χ0v) is 18.8. The van der Waals surface area contributed by atoms with E-state index in [-0.39, 0.29) is 0 Å². The SMILES string of the molecule is Cc1ccc2c(c1)Cc1nc(Cc3ccccc3)nc(NCC(O)CN3CCCCC3)c1-2. The highest BCUT2D eigenvalue weighted by molar-refractivity contribution is 5.84. The van der Waals surface area contributed by atoms with Gasteiger partial charge in [-0.1, -0.05) is 60.5 Å². The third-order valence-corrected chi connectivity index (χ3v) is 6.55. The molecule has 0 spiro atoms. The van der Waals surface area contributed by atoms with Crippen LogP contribution in [0, 0.1) is 6.92 Å². The monoisotopic (exact) mass is 428 g/mol. The summed E-state index contributed by atoms with van der Waals surface area (Å²) in [6.07, 6.45) is 4.89. The molecule has 2 aliphatic rings. The fourth-order valence-electron chi connectivity index (χ4n) is 4.97. The Morgan fingerprint density at radius 1 is 1.03 bits per heavy atom. The van der Waals surface area contributed by atoms with Crippen molar-refractivity contribution in [2.45, 2.75) is 45.1 Å². The van der Waals surface area contributed by atoms with E-state index in [1.807, 2.05) is 6.07 Å². The van der Waals surface area contributed by atoms with Gasteiger partial charge in [-0.15, -0.1) is 0 Å². The number of piperidine rings is 1. The van der Waals surface area contributed by atoms with E-state index in [1.165, 1.54) is 41.5 Å². The Balaban J connectivity index is 1.39. The van der Waals surface area contributed by atoms with Gasteiger partial charge in [0.15, 0.2) is 0 Å². The van der Waals surface area contributed by atoms with Crippen LogP contribution in [0.4, 0.5) is 5.82 Å². The van der Waals surface area contributed by atoms with Gasteiger partial charge in [0.05, 0.1) is 11.8 Å². The molecular weight excluding hydrogens is 396 g/mol. The average molecular weight is 429 g/mol. The summed E-state index contributed by atoms with van der Waals surface area (Å²) in [5, 5.41) is 14.2. The highest BCUT2D eigenvalue weighted by atomic mass is 16.3. The lowest BCUT2D eigenvalue weighted by atomic mass is 10.0. The number of aromatic nitrogens is 2. The van der Waals surface area contributed by atoms with Gasteiger partial charge in [0.1, 0.15) is 11.6 Å². The van der Waals surface area contributed by atoms with Gasteiger partial charge in [0.25, 0.3) is 0 Å². The van der Waals surface area contributed by atoms with Crippen LogP contribution in [-0.4, -0.2) is 52.3 Å². The highest BCUT2D eigenvalue weighted by Gasteiger charge is 2.26. The summed E-state index contributed by atoms with van der Waals surface area (Å²) < 4.78 is 0. The topological polar surface area (TPSA) is 61.3 Å². The molecule has 2 aromatic carbocycles. The molecule has 2 N–H and O–H groups in total. The van der Waals surface area contributed by atoms with Crippen molar-refractivity contribution in [1.29, 1.82) is 0 Å². The Kier molecular flexibility index (Phi) is 6.19. The number of nitrogens with one attached hydrogen (secondary N) is 1. The third kappa shape index (κ3) is 4.69. The molecule has 1 aliphatic carbocycles. The van der Waals surface area contributed by atoms with Gasteiger partial charge in [-0.2, -0.15) is 0 Å². The van der Waals surface area contributed by atoms with Crippen LogP contribution in [0.3, 0.4) is 0 Å². The number of likely N-dealkylation sites (tertiary alicyclic amines) is 1.